The lowest BCUT2D eigenvalue weighted by molar-refractivity contribution is -0.145. The Balaban J connectivity index is 0.00000481. The highest BCUT2D eigenvalue weighted by molar-refractivity contribution is 5.95. The quantitative estimate of drug-likeness (QED) is 0.222. The summed E-state index contributed by atoms with van der Waals surface area (Å²) in [5, 5.41) is 10.3. The van der Waals surface area contributed by atoms with E-state index in [4.69, 9.17) is 15.9 Å². The fourth-order valence-corrected chi connectivity index (χ4v) is 4.44. The van der Waals surface area contributed by atoms with E-state index in [-0.39, 0.29) is 48.9 Å². The van der Waals surface area contributed by atoms with Crippen LogP contribution >= 0.6 is 12.4 Å². The minimum Gasteiger partial charge on any atom is -0.469 e. The third-order valence-electron chi connectivity index (χ3n) is 6.35. The van der Waals surface area contributed by atoms with Crippen molar-refractivity contribution in [3.8, 4) is 0 Å². The van der Waals surface area contributed by atoms with Gasteiger partial charge in [0, 0.05) is 31.1 Å². The predicted octanol–water partition coefficient (Wildman–Crippen LogP) is 3.32. The third kappa shape index (κ3) is 9.06. The van der Waals surface area contributed by atoms with Gasteiger partial charge in [0.1, 0.15) is 5.84 Å². The van der Waals surface area contributed by atoms with Gasteiger partial charge in [0.15, 0.2) is 0 Å². The predicted molar refractivity (Wildman–Crippen MR) is 146 cm³/mol. The van der Waals surface area contributed by atoms with E-state index in [2.05, 4.69) is 17.4 Å². The number of amidine groups is 1. The molecule has 9 heteroatoms. The molecule has 0 spiro atoms. The molecule has 2 atom stereocenters. The number of nitrogens with two attached hydrogens (primary N) is 1. The van der Waals surface area contributed by atoms with E-state index in [1.54, 1.807) is 17.0 Å². The average Bonchev–Trinajstić information content (AvgIpc) is 3.16. The maximum absolute atomic E-state index is 13.0. The summed E-state index contributed by atoms with van der Waals surface area (Å²) in [5.41, 5.74) is 8.26. The number of carbonyl (C=O) groups is 3. The zero-order valence-corrected chi connectivity index (χ0v) is 21.8. The first-order chi connectivity index (χ1) is 17.4. The van der Waals surface area contributed by atoms with Crippen LogP contribution in [0.5, 0.6) is 0 Å². The minimum absolute atomic E-state index is 0. The number of nitrogen functional groups attached to an aromatic ring is 1. The van der Waals surface area contributed by atoms with Crippen LogP contribution in [0.3, 0.4) is 0 Å². The molecular formula is C28H35ClN4O4. The summed E-state index contributed by atoms with van der Waals surface area (Å²) in [6.07, 6.45) is 6.03. The van der Waals surface area contributed by atoms with Crippen molar-refractivity contribution in [3.63, 3.8) is 0 Å². The topological polar surface area (TPSA) is 126 Å². The highest BCUT2D eigenvalue weighted by atomic mass is 35.5. The summed E-state index contributed by atoms with van der Waals surface area (Å²) >= 11 is 0. The van der Waals surface area contributed by atoms with E-state index < -0.39 is 11.9 Å². The Hall–Kier alpha value is -3.65. The zero-order valence-electron chi connectivity index (χ0n) is 21.0. The van der Waals surface area contributed by atoms with Crippen LogP contribution in [0.25, 0.3) is 6.08 Å². The number of likely N-dealkylation sites (tertiary alicyclic amines) is 1. The number of amides is 2. The van der Waals surface area contributed by atoms with Crippen LogP contribution in [0.4, 0.5) is 0 Å². The number of aryl methyl sites for hydroxylation is 1. The summed E-state index contributed by atoms with van der Waals surface area (Å²) in [5.74, 6) is -1.07. The number of carbonyl (C=O) groups excluding carboxylic acids is 3. The Labute approximate surface area is 224 Å². The number of hydrogen-bond donors (Lipinski definition) is 3. The number of esters is 1. The fourth-order valence-electron chi connectivity index (χ4n) is 4.44. The molecule has 2 aromatic carbocycles. The lowest BCUT2D eigenvalue weighted by Crippen LogP contribution is -2.38. The molecular weight excluding hydrogens is 492 g/mol. The molecule has 4 N–H and O–H groups in total. The van der Waals surface area contributed by atoms with Gasteiger partial charge in [0.25, 0.3) is 0 Å². The van der Waals surface area contributed by atoms with Crippen molar-refractivity contribution in [2.45, 2.75) is 38.1 Å². The summed E-state index contributed by atoms with van der Waals surface area (Å²) in [6, 6.07) is 17.1. The van der Waals surface area contributed by atoms with Gasteiger partial charge in [-0.3, -0.25) is 19.8 Å². The highest BCUT2D eigenvalue weighted by Crippen LogP contribution is 2.30. The molecule has 0 radical (unpaired) electrons. The Bertz CT molecular complexity index is 1090. The zero-order chi connectivity index (χ0) is 25.9. The van der Waals surface area contributed by atoms with E-state index in [1.807, 2.05) is 42.5 Å². The van der Waals surface area contributed by atoms with Gasteiger partial charge in [0.2, 0.25) is 11.8 Å². The third-order valence-corrected chi connectivity index (χ3v) is 6.35. The lowest BCUT2D eigenvalue weighted by atomic mass is 10.00. The highest BCUT2D eigenvalue weighted by Gasteiger charge is 2.40. The second kappa shape index (κ2) is 14.8. The van der Waals surface area contributed by atoms with Gasteiger partial charge in [-0.2, -0.15) is 0 Å². The Morgan fingerprint density at radius 3 is 2.49 bits per heavy atom. The van der Waals surface area contributed by atoms with Crippen LogP contribution in [0.2, 0.25) is 0 Å². The van der Waals surface area contributed by atoms with Gasteiger partial charge in [-0.05, 0) is 30.4 Å². The summed E-state index contributed by atoms with van der Waals surface area (Å²) in [7, 11) is 1.31. The van der Waals surface area contributed by atoms with Crippen molar-refractivity contribution in [1.82, 2.24) is 10.2 Å². The number of methoxy groups -OCH3 is 1. The monoisotopic (exact) mass is 526 g/mol. The fraction of sp³-hybridized carbons (Fsp3) is 0.357. The smallest absolute Gasteiger partial charge is 0.306 e. The van der Waals surface area contributed by atoms with Gasteiger partial charge in [-0.15, -0.1) is 12.4 Å². The maximum atomic E-state index is 13.0. The number of rotatable bonds is 12. The summed E-state index contributed by atoms with van der Waals surface area (Å²) < 4.78 is 4.76. The first-order valence-electron chi connectivity index (χ1n) is 12.2. The minimum atomic E-state index is -0.454. The molecule has 198 valence electrons. The number of ether oxygens (including phenoxy) is 1. The van der Waals surface area contributed by atoms with Crippen LogP contribution in [0, 0.1) is 11.3 Å². The molecule has 0 aromatic heterocycles. The molecule has 3 rings (SSSR count). The largest absolute Gasteiger partial charge is 0.469 e. The van der Waals surface area contributed by atoms with E-state index in [1.165, 1.54) is 12.7 Å². The SMILES string of the molecule is COC(=O)C[C@@H]1C[C@@H](CC(=O)NCC=Cc2ccc(C(=N)N)cc2)N(CCCc2ccccc2)C1=O.Cl. The van der Waals surface area contributed by atoms with Crippen LogP contribution in [-0.2, 0) is 25.5 Å². The summed E-state index contributed by atoms with van der Waals surface area (Å²) in [4.78, 5) is 39.2. The molecule has 0 aliphatic carbocycles. The van der Waals surface area contributed by atoms with E-state index in [0.717, 1.165) is 18.4 Å². The van der Waals surface area contributed by atoms with Crippen molar-refractivity contribution in [2.75, 3.05) is 20.2 Å². The van der Waals surface area contributed by atoms with Gasteiger partial charge < -0.3 is 20.7 Å². The van der Waals surface area contributed by atoms with Crippen LogP contribution < -0.4 is 11.1 Å². The molecule has 2 aromatic rings. The second-order valence-corrected chi connectivity index (χ2v) is 8.93. The molecule has 2 amide bonds. The molecule has 37 heavy (non-hydrogen) atoms. The first kappa shape index (κ1) is 29.6. The van der Waals surface area contributed by atoms with Crippen LogP contribution in [0.15, 0.2) is 60.7 Å². The number of hydrogen-bond acceptors (Lipinski definition) is 5. The number of nitrogens with zero attached hydrogens (tertiary/aromatic N) is 1. The molecule has 8 nitrogen and oxygen atoms in total. The van der Waals surface area contributed by atoms with E-state index in [0.29, 0.717) is 25.1 Å². The molecule has 1 fully saturated rings. The van der Waals surface area contributed by atoms with Gasteiger partial charge >= 0.3 is 5.97 Å². The summed E-state index contributed by atoms with van der Waals surface area (Å²) in [6.45, 7) is 0.896. The van der Waals surface area contributed by atoms with Crippen LogP contribution in [-0.4, -0.2) is 54.8 Å². The first-order valence-corrected chi connectivity index (χ1v) is 12.2. The van der Waals surface area contributed by atoms with Crippen molar-refractivity contribution in [2.24, 2.45) is 11.7 Å². The van der Waals surface area contributed by atoms with E-state index >= 15 is 0 Å². The normalized spacial score (nSPS) is 16.9. The van der Waals surface area contributed by atoms with Crippen molar-refractivity contribution in [1.29, 1.82) is 5.41 Å². The van der Waals surface area contributed by atoms with Gasteiger partial charge in [0.05, 0.1) is 19.4 Å². The van der Waals surface area contributed by atoms with Crippen LogP contribution in [0.1, 0.15) is 42.4 Å². The van der Waals surface area contributed by atoms with E-state index in [9.17, 15) is 14.4 Å². The van der Waals surface area contributed by atoms with Crippen molar-refractivity contribution >= 4 is 42.1 Å². The molecule has 0 bridgehead atoms. The van der Waals surface area contributed by atoms with Gasteiger partial charge in [-0.25, -0.2) is 0 Å². The Kier molecular flexibility index (Phi) is 11.8. The van der Waals surface area contributed by atoms with Crippen molar-refractivity contribution < 1.29 is 19.1 Å². The molecule has 1 aliphatic heterocycles. The second-order valence-electron chi connectivity index (χ2n) is 8.93. The lowest BCUT2D eigenvalue weighted by Gasteiger charge is -2.24. The molecule has 1 heterocycles. The average molecular weight is 527 g/mol. The Morgan fingerprint density at radius 2 is 1.84 bits per heavy atom. The molecule has 1 saturated heterocycles. The molecule has 1 aliphatic rings. The molecule has 0 saturated carbocycles. The molecule has 0 unspecified atom stereocenters. The maximum Gasteiger partial charge on any atom is 0.306 e. The van der Waals surface area contributed by atoms with Crippen molar-refractivity contribution in [3.05, 3.63) is 77.4 Å². The Morgan fingerprint density at radius 1 is 1.14 bits per heavy atom. The number of nitrogens with one attached hydrogen (secondary N) is 2. The van der Waals surface area contributed by atoms with Gasteiger partial charge in [-0.1, -0.05) is 66.7 Å². The standard InChI is InChI=1S/C28H34N4O4.ClH/c1-36-26(34)18-23-17-24(32(28(23)35)16-6-10-20-7-3-2-4-8-20)19-25(33)31-15-5-9-21-11-13-22(14-12-21)27(29)30;/h2-5,7-9,11-14,23-24H,6,10,15-19H2,1H3,(H3,29,30)(H,31,33);1H/t23-,24-;/m0./s1. The number of halogens is 1. The number of benzene rings is 2.